The minimum atomic E-state index is 0.109. The molecule has 4 aromatic rings. The Morgan fingerprint density at radius 3 is 2.94 bits per heavy atom. The average Bonchev–Trinajstić information content (AvgIpc) is 3.51. The number of hydrogen-bond donors (Lipinski definition) is 2. The van der Waals surface area contributed by atoms with E-state index in [1.807, 2.05) is 41.2 Å². The van der Waals surface area contributed by atoms with Crippen molar-refractivity contribution >= 4 is 22.3 Å². The Balaban J connectivity index is 1.46. The van der Waals surface area contributed by atoms with E-state index in [1.165, 1.54) is 0 Å². The molecule has 0 bridgehead atoms. The molecule has 0 spiro atoms. The van der Waals surface area contributed by atoms with Crippen LogP contribution in [0.4, 0.5) is 11.4 Å². The van der Waals surface area contributed by atoms with Crippen molar-refractivity contribution < 1.29 is 9.47 Å². The molecule has 2 N–H and O–H groups in total. The molecule has 3 aromatic heterocycles. The monoisotopic (exact) mass is 471 g/mol. The van der Waals surface area contributed by atoms with E-state index in [2.05, 4.69) is 62.8 Å². The molecular weight excluding hydrogens is 442 g/mol. The Bertz CT molecular complexity index is 1330. The van der Waals surface area contributed by atoms with Crippen LogP contribution in [0.5, 0.6) is 0 Å². The molecule has 0 saturated carbocycles. The number of aromatic nitrogens is 5. The fraction of sp³-hybridized carbons (Fsp3) is 0.269. The van der Waals surface area contributed by atoms with Gasteiger partial charge in [-0.1, -0.05) is 18.2 Å². The van der Waals surface area contributed by atoms with Gasteiger partial charge in [-0.2, -0.15) is 10.2 Å². The van der Waals surface area contributed by atoms with E-state index in [-0.39, 0.29) is 6.04 Å². The Labute approximate surface area is 204 Å². The van der Waals surface area contributed by atoms with Crippen LogP contribution in [0.15, 0.2) is 79.0 Å². The number of benzene rings is 1. The fourth-order valence-corrected chi connectivity index (χ4v) is 4.10. The highest BCUT2D eigenvalue weighted by atomic mass is 16.5. The largest absolute Gasteiger partial charge is 0.382 e. The molecule has 1 aliphatic rings. The number of allylic oxidation sites excluding steroid dienone is 2. The SMILES string of the molecule is COCCOCCn1cc(N2C(Nc3ccc4[nH]ncc4c3)=CC=CC2C)c(-c2ccccn2)n1. The Kier molecular flexibility index (Phi) is 6.87. The lowest BCUT2D eigenvalue weighted by atomic mass is 10.1. The number of rotatable bonds is 10. The van der Waals surface area contributed by atoms with Crippen molar-refractivity contribution in [3.8, 4) is 11.4 Å². The summed E-state index contributed by atoms with van der Waals surface area (Å²) in [4.78, 5) is 6.83. The summed E-state index contributed by atoms with van der Waals surface area (Å²) in [5.74, 6) is 0.955. The van der Waals surface area contributed by atoms with E-state index in [0.29, 0.717) is 26.4 Å². The molecule has 35 heavy (non-hydrogen) atoms. The van der Waals surface area contributed by atoms with E-state index in [1.54, 1.807) is 13.3 Å². The lowest BCUT2D eigenvalue weighted by molar-refractivity contribution is 0.0654. The van der Waals surface area contributed by atoms with Gasteiger partial charge in [-0.3, -0.25) is 14.8 Å². The molecule has 5 rings (SSSR count). The summed E-state index contributed by atoms with van der Waals surface area (Å²) in [6.07, 6.45) is 12.0. The number of aromatic amines is 1. The van der Waals surface area contributed by atoms with Crippen molar-refractivity contribution in [3.63, 3.8) is 0 Å². The quantitative estimate of drug-likeness (QED) is 0.335. The standard InChI is InChI=1S/C26H29N7O2/c1-19-6-5-8-25(29-21-9-10-22-20(16-21)17-28-30-22)33(19)24-18-32(12-13-35-15-14-34-2)31-26(24)23-7-3-4-11-27-23/h3-11,16-19,29H,12-15H2,1-2H3,(H,28,30). The van der Waals surface area contributed by atoms with Crippen molar-refractivity contribution in [1.82, 2.24) is 25.0 Å². The van der Waals surface area contributed by atoms with Crippen molar-refractivity contribution in [2.75, 3.05) is 37.1 Å². The van der Waals surface area contributed by atoms with Gasteiger partial charge in [0.05, 0.1) is 55.5 Å². The number of fused-ring (bicyclic) bond motifs is 1. The number of H-pyrrole nitrogens is 1. The molecule has 0 saturated heterocycles. The molecule has 0 fully saturated rings. The Morgan fingerprint density at radius 2 is 2.09 bits per heavy atom. The van der Waals surface area contributed by atoms with Crippen molar-refractivity contribution in [3.05, 3.63) is 79.0 Å². The molecule has 4 heterocycles. The molecule has 1 aromatic carbocycles. The van der Waals surface area contributed by atoms with Crippen LogP contribution in [0.3, 0.4) is 0 Å². The number of pyridine rings is 1. The van der Waals surface area contributed by atoms with E-state index in [4.69, 9.17) is 14.6 Å². The van der Waals surface area contributed by atoms with Gasteiger partial charge < -0.3 is 19.7 Å². The average molecular weight is 472 g/mol. The molecule has 0 amide bonds. The van der Waals surface area contributed by atoms with E-state index >= 15 is 0 Å². The molecule has 180 valence electrons. The van der Waals surface area contributed by atoms with Crippen LogP contribution in [0.2, 0.25) is 0 Å². The maximum atomic E-state index is 5.67. The van der Waals surface area contributed by atoms with Crippen molar-refractivity contribution in [1.29, 1.82) is 0 Å². The van der Waals surface area contributed by atoms with Crippen molar-refractivity contribution in [2.24, 2.45) is 0 Å². The normalized spacial score (nSPS) is 15.5. The zero-order valence-electron chi connectivity index (χ0n) is 19.9. The van der Waals surface area contributed by atoms with Gasteiger partial charge in [0.25, 0.3) is 0 Å². The summed E-state index contributed by atoms with van der Waals surface area (Å²) in [5.41, 5.74) is 4.60. The molecule has 1 aliphatic heterocycles. The molecule has 1 unspecified atom stereocenters. The molecule has 9 heteroatoms. The Morgan fingerprint density at radius 1 is 1.14 bits per heavy atom. The van der Waals surface area contributed by atoms with Crippen LogP contribution < -0.4 is 10.2 Å². The minimum absolute atomic E-state index is 0.109. The van der Waals surface area contributed by atoms with Crippen LogP contribution in [-0.4, -0.2) is 57.9 Å². The predicted molar refractivity (Wildman–Crippen MR) is 137 cm³/mol. The summed E-state index contributed by atoms with van der Waals surface area (Å²) in [6.45, 7) is 4.48. The first-order valence-electron chi connectivity index (χ1n) is 11.7. The minimum Gasteiger partial charge on any atom is -0.382 e. The molecule has 0 aliphatic carbocycles. The lowest BCUT2D eigenvalue weighted by Gasteiger charge is -2.33. The number of methoxy groups -OCH3 is 1. The van der Waals surface area contributed by atoms with Gasteiger partial charge in [0.2, 0.25) is 0 Å². The highest BCUT2D eigenvalue weighted by Gasteiger charge is 2.26. The third kappa shape index (κ3) is 5.11. The maximum Gasteiger partial charge on any atom is 0.134 e. The Hall–Kier alpha value is -3.95. The first kappa shape index (κ1) is 22.8. The van der Waals surface area contributed by atoms with E-state index < -0.39 is 0 Å². The van der Waals surface area contributed by atoms with Crippen LogP contribution >= 0.6 is 0 Å². The van der Waals surface area contributed by atoms with Gasteiger partial charge >= 0.3 is 0 Å². The maximum absolute atomic E-state index is 5.67. The van der Waals surface area contributed by atoms with Gasteiger partial charge in [0, 0.05) is 30.6 Å². The van der Waals surface area contributed by atoms with E-state index in [9.17, 15) is 0 Å². The van der Waals surface area contributed by atoms with Gasteiger partial charge in [-0.15, -0.1) is 0 Å². The second kappa shape index (κ2) is 10.5. The summed E-state index contributed by atoms with van der Waals surface area (Å²) in [7, 11) is 1.67. The lowest BCUT2D eigenvalue weighted by Crippen LogP contribution is -2.36. The third-order valence-corrected chi connectivity index (χ3v) is 5.83. The predicted octanol–water partition coefficient (Wildman–Crippen LogP) is 4.20. The summed E-state index contributed by atoms with van der Waals surface area (Å²) >= 11 is 0. The van der Waals surface area contributed by atoms with Crippen LogP contribution in [0.1, 0.15) is 6.92 Å². The van der Waals surface area contributed by atoms with Crippen molar-refractivity contribution in [2.45, 2.75) is 19.5 Å². The third-order valence-electron chi connectivity index (χ3n) is 5.83. The number of anilines is 2. The van der Waals surface area contributed by atoms with Crippen LogP contribution in [0.25, 0.3) is 22.3 Å². The van der Waals surface area contributed by atoms with Gasteiger partial charge in [-0.05, 0) is 43.3 Å². The first-order chi connectivity index (χ1) is 17.2. The summed E-state index contributed by atoms with van der Waals surface area (Å²) in [6, 6.07) is 12.1. The number of hydrogen-bond acceptors (Lipinski definition) is 7. The smallest absolute Gasteiger partial charge is 0.134 e. The second-order valence-electron chi connectivity index (χ2n) is 8.29. The van der Waals surface area contributed by atoms with Gasteiger partial charge in [0.15, 0.2) is 0 Å². The van der Waals surface area contributed by atoms with Gasteiger partial charge in [0.1, 0.15) is 11.5 Å². The zero-order chi connectivity index (χ0) is 24.0. The topological polar surface area (TPSA) is 93.1 Å². The number of nitrogens with one attached hydrogen (secondary N) is 2. The number of ether oxygens (including phenoxy) is 2. The highest BCUT2D eigenvalue weighted by molar-refractivity contribution is 5.83. The van der Waals surface area contributed by atoms with Crippen LogP contribution in [-0.2, 0) is 16.0 Å². The molecule has 9 nitrogen and oxygen atoms in total. The van der Waals surface area contributed by atoms with Gasteiger partial charge in [-0.25, -0.2) is 0 Å². The number of nitrogens with zero attached hydrogens (tertiary/aromatic N) is 5. The van der Waals surface area contributed by atoms with Crippen LogP contribution in [0, 0.1) is 0 Å². The summed E-state index contributed by atoms with van der Waals surface area (Å²) in [5, 5.41) is 16.7. The molecular formula is C26H29N7O2. The second-order valence-corrected chi connectivity index (χ2v) is 8.29. The fourth-order valence-electron chi connectivity index (χ4n) is 4.10. The first-order valence-corrected chi connectivity index (χ1v) is 11.7. The van der Waals surface area contributed by atoms with E-state index in [0.717, 1.165) is 39.5 Å². The molecule has 1 atom stereocenters. The highest BCUT2D eigenvalue weighted by Crippen LogP contribution is 2.34. The summed E-state index contributed by atoms with van der Waals surface area (Å²) < 4.78 is 12.7. The zero-order valence-corrected chi connectivity index (χ0v) is 19.9. The molecule has 0 radical (unpaired) electrons.